The summed E-state index contributed by atoms with van der Waals surface area (Å²) in [5.74, 6) is 0. The first-order valence-electron chi connectivity index (χ1n) is 8.01. The summed E-state index contributed by atoms with van der Waals surface area (Å²) in [5.41, 5.74) is 1.82. The summed E-state index contributed by atoms with van der Waals surface area (Å²) in [6.45, 7) is 4.00. The van der Waals surface area contributed by atoms with Crippen molar-refractivity contribution in [2.24, 2.45) is 0 Å². The number of rotatable bonds is 4. The molecule has 7 heteroatoms. The lowest BCUT2D eigenvalue weighted by Crippen LogP contribution is -2.27. The number of hydrogen-bond acceptors (Lipinski definition) is 3. The van der Waals surface area contributed by atoms with Gasteiger partial charge in [0.2, 0.25) is 0 Å². The van der Waals surface area contributed by atoms with Crippen LogP contribution in [0, 0.1) is 0 Å². The smallest absolute Gasteiger partial charge is 0.240 e. The van der Waals surface area contributed by atoms with E-state index in [1.807, 2.05) is 32.0 Å². The van der Waals surface area contributed by atoms with E-state index in [-0.39, 0.29) is 0 Å². The molecule has 0 amide bonds. The van der Waals surface area contributed by atoms with Crippen LogP contribution in [0.5, 0.6) is 0 Å². The van der Waals surface area contributed by atoms with Crippen molar-refractivity contribution in [2.75, 3.05) is 14.1 Å². The predicted octanol–water partition coefficient (Wildman–Crippen LogP) is 4.07. The monoisotopic (exact) mass is 423 g/mol. The van der Waals surface area contributed by atoms with E-state index in [9.17, 15) is 8.42 Å². The molecule has 0 saturated heterocycles. The quantitative estimate of drug-likeness (QED) is 0.635. The normalized spacial score (nSPS) is 11.4. The van der Waals surface area contributed by atoms with Crippen LogP contribution in [0.4, 0.5) is 0 Å². The number of hydrogen-bond donors (Lipinski definition) is 0. The van der Waals surface area contributed by atoms with E-state index in [1.54, 1.807) is 6.20 Å². The topological polar surface area (TPSA) is 55.2 Å². The molecule has 0 spiro atoms. The van der Waals surface area contributed by atoms with Gasteiger partial charge in [-0.25, -0.2) is 8.96 Å². The molecule has 0 saturated carbocycles. The molecule has 0 unspecified atom stereocenters. The Bertz CT molecular complexity index is 965. The van der Waals surface area contributed by atoms with Crippen LogP contribution in [-0.2, 0) is 16.6 Å². The summed E-state index contributed by atoms with van der Waals surface area (Å²) in [4.78, 5) is 4.23. The highest BCUT2D eigenvalue weighted by atomic mass is 79.9. The van der Waals surface area contributed by atoms with Gasteiger partial charge in [0.15, 0.2) is 0 Å². The molecule has 1 aromatic heterocycles. The van der Waals surface area contributed by atoms with Crippen LogP contribution in [0.15, 0.2) is 53.4 Å². The summed E-state index contributed by atoms with van der Waals surface area (Å²) in [6, 6.07) is 12.2. The lowest BCUT2D eigenvalue weighted by Gasteiger charge is -2.10. The first kappa shape index (κ1) is 19.6. The maximum absolute atomic E-state index is 12.1. The van der Waals surface area contributed by atoms with Gasteiger partial charge in [-0.15, -0.1) is 0 Å². The highest BCUT2D eigenvalue weighted by Gasteiger charge is 2.17. The Kier molecular flexibility index (Phi) is 6.37. The second kappa shape index (κ2) is 8.12. The predicted molar refractivity (Wildman–Crippen MR) is 106 cm³/mol. The van der Waals surface area contributed by atoms with E-state index in [1.165, 1.54) is 20.4 Å². The molecule has 0 aliphatic heterocycles. The molecule has 1 heterocycles. The minimum atomic E-state index is -3.52. The van der Waals surface area contributed by atoms with Crippen molar-refractivity contribution in [3.05, 3.63) is 64.7 Å². The Balaban J connectivity index is 0.00000109. The third-order valence-electron chi connectivity index (χ3n) is 3.65. The summed E-state index contributed by atoms with van der Waals surface area (Å²) in [6.07, 6.45) is 3.47. The van der Waals surface area contributed by atoms with E-state index in [2.05, 4.69) is 39.1 Å². The molecule has 0 fully saturated rings. The van der Waals surface area contributed by atoms with Crippen molar-refractivity contribution in [3.8, 4) is 0 Å². The highest BCUT2D eigenvalue weighted by Crippen LogP contribution is 2.24. The van der Waals surface area contributed by atoms with Gasteiger partial charge in [-0.05, 0) is 28.5 Å². The van der Waals surface area contributed by atoms with Crippen molar-refractivity contribution in [1.82, 2.24) is 13.3 Å². The molecule has 3 aromatic rings. The molecule has 134 valence electrons. The van der Waals surface area contributed by atoms with Gasteiger partial charge in [-0.2, -0.15) is 12.7 Å². The van der Waals surface area contributed by atoms with E-state index >= 15 is 0 Å². The number of imidazole rings is 1. The van der Waals surface area contributed by atoms with Crippen molar-refractivity contribution in [2.45, 2.75) is 20.3 Å². The first-order valence-corrected chi connectivity index (χ1v) is 10.2. The van der Waals surface area contributed by atoms with Crippen LogP contribution in [0.3, 0.4) is 0 Å². The number of fused-ring (bicyclic) bond motifs is 1. The summed E-state index contributed by atoms with van der Waals surface area (Å²) >= 11 is 3.49. The van der Waals surface area contributed by atoms with Gasteiger partial charge in [-0.3, -0.25) is 0 Å². The SMILES string of the molecule is CC.CN(C)S(=O)(=O)n1cnc(Cc2cccc3ccc(Br)cc23)c1. The fourth-order valence-corrected chi connectivity index (χ4v) is 3.57. The van der Waals surface area contributed by atoms with E-state index in [0.717, 1.165) is 29.1 Å². The minimum absolute atomic E-state index is 0.573. The summed E-state index contributed by atoms with van der Waals surface area (Å²) in [5, 5.41) is 2.28. The maximum Gasteiger partial charge on any atom is 0.308 e. The molecular formula is C18H22BrN3O2S. The lowest BCUT2D eigenvalue weighted by atomic mass is 10.0. The summed E-state index contributed by atoms with van der Waals surface area (Å²) in [7, 11) is -0.523. The Morgan fingerprint density at radius 1 is 1.16 bits per heavy atom. The highest BCUT2D eigenvalue weighted by molar-refractivity contribution is 9.10. The van der Waals surface area contributed by atoms with Crippen LogP contribution < -0.4 is 0 Å². The van der Waals surface area contributed by atoms with Gasteiger partial charge < -0.3 is 0 Å². The molecule has 2 aromatic carbocycles. The van der Waals surface area contributed by atoms with Gasteiger partial charge in [-0.1, -0.05) is 54.0 Å². The zero-order chi connectivity index (χ0) is 18.6. The molecule has 0 atom stereocenters. The fraction of sp³-hybridized carbons (Fsp3) is 0.278. The Morgan fingerprint density at radius 2 is 1.88 bits per heavy atom. The summed E-state index contributed by atoms with van der Waals surface area (Å²) < 4.78 is 27.5. The maximum atomic E-state index is 12.1. The molecule has 0 N–H and O–H groups in total. The van der Waals surface area contributed by atoms with Crippen LogP contribution in [-0.4, -0.2) is 35.8 Å². The van der Waals surface area contributed by atoms with Crippen molar-refractivity contribution in [1.29, 1.82) is 0 Å². The standard InChI is InChI=1S/C16H16BrN3O2S.C2H6/c1-19(2)23(21,22)20-10-15(18-11-20)8-13-5-3-4-12-6-7-14(17)9-16(12)13;1-2/h3-7,9-11H,8H2,1-2H3;1-2H3. The molecule has 0 aliphatic carbocycles. The van der Waals surface area contributed by atoms with E-state index in [4.69, 9.17) is 0 Å². The van der Waals surface area contributed by atoms with Crippen molar-refractivity contribution < 1.29 is 8.42 Å². The third kappa shape index (κ3) is 4.29. The number of benzene rings is 2. The first-order chi connectivity index (χ1) is 11.9. The van der Waals surface area contributed by atoms with Gasteiger partial charge in [0.25, 0.3) is 0 Å². The zero-order valence-electron chi connectivity index (χ0n) is 14.8. The minimum Gasteiger partial charge on any atom is -0.240 e. The third-order valence-corrected chi connectivity index (χ3v) is 5.80. The van der Waals surface area contributed by atoms with Crippen LogP contribution in [0.2, 0.25) is 0 Å². The zero-order valence-corrected chi connectivity index (χ0v) is 17.2. The van der Waals surface area contributed by atoms with E-state index in [0.29, 0.717) is 12.1 Å². The molecule has 3 rings (SSSR count). The molecular weight excluding hydrogens is 402 g/mol. The average molecular weight is 424 g/mol. The second-order valence-corrected chi connectivity index (χ2v) is 8.41. The second-order valence-electron chi connectivity index (χ2n) is 5.44. The van der Waals surface area contributed by atoms with E-state index < -0.39 is 10.2 Å². The van der Waals surface area contributed by atoms with Crippen molar-refractivity contribution >= 4 is 36.9 Å². The Labute approximate surface area is 157 Å². The van der Waals surface area contributed by atoms with Gasteiger partial charge in [0, 0.05) is 31.2 Å². The van der Waals surface area contributed by atoms with Crippen LogP contribution in [0.1, 0.15) is 25.1 Å². The van der Waals surface area contributed by atoms with Gasteiger partial charge >= 0.3 is 10.2 Å². The Morgan fingerprint density at radius 3 is 2.56 bits per heavy atom. The molecule has 0 aliphatic rings. The lowest BCUT2D eigenvalue weighted by molar-refractivity contribution is 0.510. The van der Waals surface area contributed by atoms with Crippen LogP contribution >= 0.6 is 15.9 Å². The number of halogens is 1. The van der Waals surface area contributed by atoms with Gasteiger partial charge in [0.1, 0.15) is 6.33 Å². The Hall–Kier alpha value is -1.70. The molecule has 5 nitrogen and oxygen atoms in total. The number of aromatic nitrogens is 2. The van der Waals surface area contributed by atoms with Crippen molar-refractivity contribution in [3.63, 3.8) is 0 Å². The number of nitrogens with zero attached hydrogens (tertiary/aromatic N) is 3. The molecule has 0 bridgehead atoms. The largest absolute Gasteiger partial charge is 0.308 e. The van der Waals surface area contributed by atoms with Gasteiger partial charge in [0.05, 0.1) is 5.69 Å². The fourth-order valence-electron chi connectivity index (χ4n) is 2.41. The average Bonchev–Trinajstić information content (AvgIpc) is 3.06. The van der Waals surface area contributed by atoms with Crippen LogP contribution in [0.25, 0.3) is 10.8 Å². The molecule has 25 heavy (non-hydrogen) atoms. The molecule has 0 radical (unpaired) electrons.